The zero-order valence-electron chi connectivity index (χ0n) is 25.2. The summed E-state index contributed by atoms with van der Waals surface area (Å²) in [6.07, 6.45) is 2.94. The van der Waals surface area contributed by atoms with Gasteiger partial charge in [0.2, 0.25) is 0 Å². The zero-order valence-corrected chi connectivity index (χ0v) is 31.2. The van der Waals surface area contributed by atoms with Gasteiger partial charge in [0.25, 0.3) is 0 Å². The van der Waals surface area contributed by atoms with Crippen molar-refractivity contribution >= 4 is 57.1 Å². The van der Waals surface area contributed by atoms with E-state index in [4.69, 9.17) is 25.0 Å². The summed E-state index contributed by atoms with van der Waals surface area (Å²) in [6, 6.07) is 0. The van der Waals surface area contributed by atoms with Crippen molar-refractivity contribution in [1.29, 1.82) is 0 Å². The van der Waals surface area contributed by atoms with Crippen molar-refractivity contribution in [1.82, 2.24) is 0 Å². The average molecular weight is 599 g/mol. The maximum Gasteiger partial charge on any atom is 0.398 e. The molecule has 7 nitrogen and oxygen atoms in total. The Labute approximate surface area is 222 Å². The van der Waals surface area contributed by atoms with Gasteiger partial charge in [-0.05, 0) is 72.0 Å². The lowest BCUT2D eigenvalue weighted by Gasteiger charge is -2.46. The van der Waals surface area contributed by atoms with Crippen LogP contribution < -0.4 is 0 Å². The number of hydrogen-bond donors (Lipinski definition) is 0. The lowest BCUT2D eigenvalue weighted by molar-refractivity contribution is -0.131. The highest BCUT2D eigenvalue weighted by atomic mass is 28.5. The van der Waals surface area contributed by atoms with Crippen molar-refractivity contribution in [2.75, 3.05) is 0 Å². The topological polar surface area (TPSA) is 72.5 Å². The van der Waals surface area contributed by atoms with Gasteiger partial charge < -0.3 is 25.0 Å². The van der Waals surface area contributed by atoms with Crippen LogP contribution >= 0.6 is 0 Å². The molecule has 0 aliphatic heterocycles. The molecule has 0 aromatic carbocycles. The van der Waals surface area contributed by atoms with Gasteiger partial charge in [0, 0.05) is 17.2 Å². The predicted molar refractivity (Wildman–Crippen MR) is 160 cm³/mol. The third kappa shape index (κ3) is 12.6. The largest absolute Gasteiger partial charge is 0.491 e. The minimum atomic E-state index is -2.99. The molecule has 208 valence electrons. The fourth-order valence-corrected chi connectivity index (χ4v) is 34.7. The first-order valence-corrected chi connectivity index (χ1v) is 29.5. The monoisotopic (exact) mass is 598 g/mol. The second-order valence-corrected chi connectivity index (χ2v) is 35.3. The van der Waals surface area contributed by atoms with Crippen LogP contribution in [0.1, 0.15) is 40.5 Å². The molecule has 0 fully saturated rings. The van der Waals surface area contributed by atoms with Crippen LogP contribution in [-0.2, 0) is 29.8 Å². The number of carbonyl (C=O) groups excluding carboxylic acids is 1. The summed E-state index contributed by atoms with van der Waals surface area (Å²) in [6.45, 7) is 35.0. The molecule has 0 spiro atoms. The van der Waals surface area contributed by atoms with Gasteiger partial charge in [-0.15, -0.1) is 0 Å². The van der Waals surface area contributed by atoms with E-state index in [9.17, 15) is 4.79 Å². The molecule has 13 heteroatoms. The summed E-state index contributed by atoms with van der Waals surface area (Å²) < 4.78 is 39.3. The summed E-state index contributed by atoms with van der Waals surface area (Å²) in [7, 11) is -15.0. The van der Waals surface area contributed by atoms with Gasteiger partial charge in [-0.25, -0.2) is 4.79 Å². The summed E-state index contributed by atoms with van der Waals surface area (Å²) >= 11 is 0. The van der Waals surface area contributed by atoms with E-state index in [0.29, 0.717) is 0 Å². The van der Waals surface area contributed by atoms with Crippen molar-refractivity contribution in [2.45, 2.75) is 124 Å². The molecule has 0 aliphatic rings. The Hall–Kier alpha value is 0.311. The summed E-state index contributed by atoms with van der Waals surface area (Å²) in [4.78, 5) is 12.4. The van der Waals surface area contributed by atoms with Crippen molar-refractivity contribution < 1.29 is 29.8 Å². The molecular formula is C22H54O7Si6. The highest BCUT2D eigenvalue weighted by Gasteiger charge is 2.55. The number of rotatable bonds is 16. The molecule has 0 bridgehead atoms. The van der Waals surface area contributed by atoms with E-state index in [1.54, 1.807) is 0 Å². The number of carbonyl (C=O) groups is 1. The maximum atomic E-state index is 12.4. The van der Waals surface area contributed by atoms with Crippen LogP contribution in [0.2, 0.25) is 83.1 Å². The zero-order chi connectivity index (χ0) is 28.1. The lowest BCUT2D eigenvalue weighted by Crippen LogP contribution is -2.62. The molecule has 35 heavy (non-hydrogen) atoms. The van der Waals surface area contributed by atoms with Crippen molar-refractivity contribution in [3.63, 3.8) is 0 Å². The fraction of sp³-hybridized carbons (Fsp3) is 0.864. The Morgan fingerprint density at radius 1 is 0.657 bits per heavy atom. The molecule has 0 aromatic rings. The minimum absolute atomic E-state index is 0.113. The van der Waals surface area contributed by atoms with Crippen LogP contribution in [0.4, 0.5) is 0 Å². The van der Waals surface area contributed by atoms with Crippen LogP contribution in [0.5, 0.6) is 0 Å². The van der Waals surface area contributed by atoms with Gasteiger partial charge in [-0.3, -0.25) is 0 Å². The van der Waals surface area contributed by atoms with E-state index in [1.807, 2.05) is 26.2 Å². The molecule has 0 radical (unpaired) electrons. The Morgan fingerprint density at radius 2 is 0.971 bits per heavy atom. The van der Waals surface area contributed by atoms with Crippen molar-refractivity contribution in [2.24, 2.45) is 0 Å². The second-order valence-electron chi connectivity index (χ2n) is 12.2. The second kappa shape index (κ2) is 12.9. The van der Waals surface area contributed by atoms with Crippen LogP contribution in [0.15, 0.2) is 12.7 Å². The summed E-state index contributed by atoms with van der Waals surface area (Å²) in [5, 5.41) is 0. The van der Waals surface area contributed by atoms with Crippen molar-refractivity contribution in [3.05, 3.63) is 12.7 Å². The van der Waals surface area contributed by atoms with E-state index in [1.165, 1.54) is 6.08 Å². The van der Waals surface area contributed by atoms with Crippen LogP contribution in [0.25, 0.3) is 0 Å². The van der Waals surface area contributed by atoms with E-state index in [-0.39, 0.29) is 11.1 Å². The minimum Gasteiger partial charge on any atom is -0.491 e. The molecular weight excluding hydrogens is 545 g/mol. The summed E-state index contributed by atoms with van der Waals surface area (Å²) in [5.41, 5.74) is 0.226. The quantitative estimate of drug-likeness (QED) is 0.135. The predicted octanol–water partition coefficient (Wildman–Crippen LogP) is 7.48. The van der Waals surface area contributed by atoms with Gasteiger partial charge >= 0.3 is 48.8 Å². The van der Waals surface area contributed by atoms with E-state index in [0.717, 1.165) is 12.8 Å². The smallest absolute Gasteiger partial charge is 0.398 e. The van der Waals surface area contributed by atoms with E-state index >= 15 is 0 Å². The molecule has 0 aliphatic carbocycles. The van der Waals surface area contributed by atoms with Gasteiger partial charge in [-0.2, -0.15) is 0 Å². The average Bonchev–Trinajstić information content (AvgIpc) is 2.60. The van der Waals surface area contributed by atoms with Crippen molar-refractivity contribution in [3.8, 4) is 0 Å². The Kier molecular flexibility index (Phi) is 13.0. The standard InChI is InChI=1S/C22H54O7Si6/c1-17-20(4)35(21(5)18-2,24-22(23)19-3)29-34(15,16)28-33(13,14)27-32(11,12)26-31(9,10)25-30(6,7)8/h19-21H,3,17-18H2,1-2,4-16H3. The molecule has 0 amide bonds. The molecule has 0 rings (SSSR count). The third-order valence-corrected chi connectivity index (χ3v) is 29.0. The molecule has 2 unspecified atom stereocenters. The molecule has 0 saturated carbocycles. The fourth-order valence-electron chi connectivity index (χ4n) is 4.66. The van der Waals surface area contributed by atoms with Crippen LogP contribution in [0, 0.1) is 0 Å². The van der Waals surface area contributed by atoms with Gasteiger partial charge in [0.05, 0.1) is 0 Å². The maximum absolute atomic E-state index is 12.4. The Morgan fingerprint density at radius 3 is 1.26 bits per heavy atom. The lowest BCUT2D eigenvalue weighted by atomic mass is 10.4. The van der Waals surface area contributed by atoms with Gasteiger partial charge in [0.15, 0.2) is 8.32 Å². The summed E-state index contributed by atoms with van der Waals surface area (Å²) in [5.74, 6) is -0.425. The third-order valence-electron chi connectivity index (χ3n) is 5.46. The Bertz CT molecular complexity index is 697. The molecule has 0 N–H and O–H groups in total. The van der Waals surface area contributed by atoms with Crippen LogP contribution in [-0.4, -0.2) is 57.1 Å². The molecule has 2 atom stereocenters. The molecule has 0 aromatic heterocycles. The molecule has 0 heterocycles. The SMILES string of the molecule is C=CC(=O)O[Si](O[Si](C)(C)O[Si](C)(C)O[Si](C)(C)O[Si](C)(C)O[Si](C)(C)C)(C(C)CC)C(C)CC. The van der Waals surface area contributed by atoms with E-state index < -0.39 is 57.1 Å². The highest BCUT2D eigenvalue weighted by Crippen LogP contribution is 2.41. The van der Waals surface area contributed by atoms with Gasteiger partial charge in [-0.1, -0.05) is 47.1 Å². The Balaban J connectivity index is 5.87. The van der Waals surface area contributed by atoms with Gasteiger partial charge in [0.1, 0.15) is 0 Å². The first kappa shape index (κ1) is 35.3. The van der Waals surface area contributed by atoms with E-state index in [2.05, 4.69) is 80.1 Å². The van der Waals surface area contributed by atoms with Crippen LogP contribution in [0.3, 0.4) is 0 Å². The first-order valence-electron chi connectivity index (χ1n) is 12.8. The normalized spacial score (nSPS) is 17.5. The highest BCUT2D eigenvalue weighted by molar-refractivity contribution is 6.91. The first-order chi connectivity index (χ1) is 15.5. The molecule has 0 saturated heterocycles. The number of hydrogen-bond acceptors (Lipinski definition) is 7.